The lowest BCUT2D eigenvalue weighted by molar-refractivity contribution is -0.122. The summed E-state index contributed by atoms with van der Waals surface area (Å²) >= 11 is 0. The maximum Gasteiger partial charge on any atom is 0.239 e. The summed E-state index contributed by atoms with van der Waals surface area (Å²) in [7, 11) is 0.706. The van der Waals surface area contributed by atoms with E-state index in [-0.39, 0.29) is 12.0 Å². The van der Waals surface area contributed by atoms with Gasteiger partial charge in [0.15, 0.2) is 0 Å². The molecule has 1 aromatic carbocycles. The molecular formula is C16H23NO2Si. The molecule has 3 nitrogen and oxygen atoms in total. The number of para-hydroxylation sites is 1. The Kier molecular flexibility index (Phi) is 3.06. The molecule has 1 aromatic rings. The van der Waals surface area contributed by atoms with E-state index >= 15 is 0 Å². The van der Waals surface area contributed by atoms with Crippen LogP contribution in [0.1, 0.15) is 12.0 Å². The van der Waals surface area contributed by atoms with Gasteiger partial charge in [0.1, 0.15) is 5.41 Å². The summed E-state index contributed by atoms with van der Waals surface area (Å²) in [6.45, 7) is 7.62. The van der Waals surface area contributed by atoms with E-state index in [9.17, 15) is 4.79 Å². The molecule has 0 N–H and O–H groups in total. The number of fused-ring (bicyclic) bond motifs is 2. The van der Waals surface area contributed by atoms with E-state index in [1.807, 2.05) is 25.2 Å². The molecule has 0 aliphatic carbocycles. The van der Waals surface area contributed by atoms with E-state index in [2.05, 4.69) is 25.7 Å². The third-order valence-corrected chi connectivity index (χ3v) is 6.16. The minimum atomic E-state index is -1.17. The van der Waals surface area contributed by atoms with Crippen molar-refractivity contribution >= 4 is 19.7 Å². The van der Waals surface area contributed by atoms with E-state index in [0.717, 1.165) is 23.7 Å². The fourth-order valence-corrected chi connectivity index (χ4v) is 5.26. The number of hydrogen-bond donors (Lipinski definition) is 0. The third-order valence-electron chi connectivity index (χ3n) is 4.48. The van der Waals surface area contributed by atoms with Crippen LogP contribution in [0.5, 0.6) is 0 Å². The number of likely N-dealkylation sites (N-methyl/N-ethyl adjacent to an activating group) is 1. The first-order valence-corrected chi connectivity index (χ1v) is 11.0. The zero-order valence-electron chi connectivity index (χ0n) is 12.8. The van der Waals surface area contributed by atoms with Crippen LogP contribution in [-0.4, -0.2) is 33.7 Å². The lowest BCUT2D eigenvalue weighted by atomic mass is 9.80. The molecule has 0 radical (unpaired) electrons. The highest BCUT2D eigenvalue weighted by molar-refractivity contribution is 6.76. The van der Waals surface area contributed by atoms with E-state index in [4.69, 9.17) is 4.74 Å². The van der Waals surface area contributed by atoms with Gasteiger partial charge in [0.25, 0.3) is 0 Å². The predicted molar refractivity (Wildman–Crippen MR) is 84.0 cm³/mol. The van der Waals surface area contributed by atoms with Gasteiger partial charge in [-0.15, -0.1) is 0 Å². The second-order valence-corrected chi connectivity index (χ2v) is 12.9. The molecule has 1 fully saturated rings. The molecule has 2 heterocycles. The Morgan fingerprint density at radius 1 is 1.35 bits per heavy atom. The molecule has 2 atom stereocenters. The second-order valence-electron chi connectivity index (χ2n) is 7.37. The van der Waals surface area contributed by atoms with Gasteiger partial charge < -0.3 is 9.64 Å². The topological polar surface area (TPSA) is 29.5 Å². The Labute approximate surface area is 121 Å². The van der Waals surface area contributed by atoms with Crippen LogP contribution in [0.15, 0.2) is 24.3 Å². The molecule has 2 aliphatic heterocycles. The number of rotatable bonds is 2. The van der Waals surface area contributed by atoms with Crippen molar-refractivity contribution in [2.75, 3.05) is 18.6 Å². The number of benzene rings is 1. The molecule has 20 heavy (non-hydrogen) atoms. The van der Waals surface area contributed by atoms with Gasteiger partial charge in [-0.2, -0.15) is 0 Å². The molecule has 0 unspecified atom stereocenters. The maximum atomic E-state index is 12.8. The van der Waals surface area contributed by atoms with Crippen molar-refractivity contribution in [3.05, 3.63) is 29.8 Å². The summed E-state index contributed by atoms with van der Waals surface area (Å²) in [5, 5.41) is 0. The summed E-state index contributed by atoms with van der Waals surface area (Å²) in [6.07, 6.45) is 1.09. The summed E-state index contributed by atoms with van der Waals surface area (Å²) in [4.78, 5) is 14.6. The molecule has 1 spiro atoms. The summed E-state index contributed by atoms with van der Waals surface area (Å²) < 4.78 is 6.03. The molecule has 0 aromatic heterocycles. The molecule has 3 rings (SSSR count). The zero-order chi connectivity index (χ0) is 14.5. The Hall–Kier alpha value is -1.13. The molecule has 0 bridgehead atoms. The Balaban J connectivity index is 1.93. The minimum Gasteiger partial charge on any atom is -0.377 e. The lowest BCUT2D eigenvalue weighted by Gasteiger charge is -2.22. The van der Waals surface area contributed by atoms with Crippen LogP contribution in [0.2, 0.25) is 25.7 Å². The molecule has 2 aliphatic rings. The van der Waals surface area contributed by atoms with Crippen LogP contribution in [0.4, 0.5) is 5.69 Å². The van der Waals surface area contributed by atoms with E-state index in [1.54, 1.807) is 4.90 Å². The van der Waals surface area contributed by atoms with E-state index in [0.29, 0.717) is 6.61 Å². The molecule has 1 saturated heterocycles. The number of nitrogens with zero attached hydrogens (tertiary/aromatic N) is 1. The predicted octanol–water partition coefficient (Wildman–Crippen LogP) is 3.03. The highest BCUT2D eigenvalue weighted by atomic mass is 28.3. The first kappa shape index (κ1) is 13.8. The van der Waals surface area contributed by atoms with Crippen molar-refractivity contribution in [1.29, 1.82) is 0 Å². The fourth-order valence-electron chi connectivity index (χ4n) is 3.63. The van der Waals surface area contributed by atoms with Crippen LogP contribution in [0.25, 0.3) is 0 Å². The molecular weight excluding hydrogens is 266 g/mol. The molecule has 4 heteroatoms. The number of anilines is 1. The van der Waals surface area contributed by atoms with Crippen molar-refractivity contribution < 1.29 is 9.53 Å². The standard InChI is InChI=1S/C16H23NO2Si/c1-17-14-8-6-5-7-13(14)16(15(17)18)9-12(19-11-16)10-20(2,3)4/h5-8,12H,9-11H2,1-4H3/t12-,16-/m1/s1. The van der Waals surface area contributed by atoms with Gasteiger partial charge in [0, 0.05) is 20.8 Å². The first-order valence-electron chi connectivity index (χ1n) is 7.33. The van der Waals surface area contributed by atoms with Crippen LogP contribution in [-0.2, 0) is 14.9 Å². The number of amides is 1. The monoisotopic (exact) mass is 289 g/mol. The van der Waals surface area contributed by atoms with Gasteiger partial charge in [-0.25, -0.2) is 0 Å². The van der Waals surface area contributed by atoms with Crippen molar-refractivity contribution in [3.63, 3.8) is 0 Å². The summed E-state index contributed by atoms with van der Waals surface area (Å²) in [6, 6.07) is 9.29. The zero-order valence-corrected chi connectivity index (χ0v) is 13.8. The largest absolute Gasteiger partial charge is 0.377 e. The second kappa shape index (κ2) is 4.43. The minimum absolute atomic E-state index is 0.205. The van der Waals surface area contributed by atoms with Crippen molar-refractivity contribution in [2.45, 2.75) is 43.6 Å². The van der Waals surface area contributed by atoms with E-state index in [1.165, 1.54) is 0 Å². The van der Waals surface area contributed by atoms with Crippen molar-refractivity contribution in [3.8, 4) is 0 Å². The number of hydrogen-bond acceptors (Lipinski definition) is 2. The van der Waals surface area contributed by atoms with Gasteiger partial charge >= 0.3 is 0 Å². The van der Waals surface area contributed by atoms with Gasteiger partial charge in [0.2, 0.25) is 5.91 Å². The molecule has 0 saturated carbocycles. The summed E-state index contributed by atoms with van der Waals surface area (Å²) in [5.41, 5.74) is 1.79. The highest BCUT2D eigenvalue weighted by Gasteiger charge is 2.54. The van der Waals surface area contributed by atoms with Crippen molar-refractivity contribution in [2.24, 2.45) is 0 Å². The third kappa shape index (κ3) is 2.02. The SMILES string of the molecule is CN1C(=O)[C@]2(CO[C@@H](C[Si](C)(C)C)C2)c2ccccc21. The maximum absolute atomic E-state index is 12.8. The van der Waals surface area contributed by atoms with Gasteiger partial charge in [-0.3, -0.25) is 4.79 Å². The first-order chi connectivity index (χ1) is 9.33. The van der Waals surface area contributed by atoms with Crippen LogP contribution >= 0.6 is 0 Å². The van der Waals surface area contributed by atoms with Crippen molar-refractivity contribution in [1.82, 2.24) is 0 Å². The van der Waals surface area contributed by atoms with Gasteiger partial charge in [-0.1, -0.05) is 37.8 Å². The summed E-state index contributed by atoms with van der Waals surface area (Å²) in [5.74, 6) is 0.205. The smallest absolute Gasteiger partial charge is 0.239 e. The Bertz CT molecular complexity index is 552. The number of carbonyl (C=O) groups excluding carboxylic acids is 1. The fraction of sp³-hybridized carbons (Fsp3) is 0.562. The molecule has 1 amide bonds. The molecule has 108 valence electrons. The number of carbonyl (C=O) groups is 1. The van der Waals surface area contributed by atoms with Crippen LogP contribution in [0.3, 0.4) is 0 Å². The normalized spacial score (nSPS) is 29.3. The Morgan fingerprint density at radius 2 is 2.05 bits per heavy atom. The average molecular weight is 289 g/mol. The lowest BCUT2D eigenvalue weighted by Crippen LogP contribution is -2.39. The van der Waals surface area contributed by atoms with Crippen LogP contribution in [0, 0.1) is 0 Å². The number of ether oxygens (including phenoxy) is 1. The quantitative estimate of drug-likeness (QED) is 0.783. The Morgan fingerprint density at radius 3 is 2.75 bits per heavy atom. The van der Waals surface area contributed by atoms with Gasteiger partial charge in [-0.05, 0) is 24.1 Å². The average Bonchev–Trinajstić information content (AvgIpc) is 2.87. The van der Waals surface area contributed by atoms with E-state index < -0.39 is 13.5 Å². The van der Waals surface area contributed by atoms with Gasteiger partial charge in [0.05, 0.1) is 12.7 Å². The highest BCUT2D eigenvalue weighted by Crippen LogP contribution is 2.48. The van der Waals surface area contributed by atoms with Crippen LogP contribution < -0.4 is 4.90 Å².